The van der Waals surface area contributed by atoms with Crippen LogP contribution in [0.5, 0.6) is 0 Å². The van der Waals surface area contributed by atoms with Gasteiger partial charge < -0.3 is 16.0 Å². The fourth-order valence-electron chi connectivity index (χ4n) is 4.22. The number of nitrogens with two attached hydrogens (primary N) is 1. The molecule has 1 aliphatic rings. The molecule has 3 atom stereocenters. The normalized spacial score (nSPS) is 20.1. The monoisotopic (exact) mass is 467 g/mol. The zero-order valence-electron chi connectivity index (χ0n) is 19.1. The summed E-state index contributed by atoms with van der Waals surface area (Å²) in [4.78, 5) is 21.7. The molecule has 2 heterocycles. The summed E-state index contributed by atoms with van der Waals surface area (Å²) in [5.41, 5.74) is 5.17. The van der Waals surface area contributed by atoms with E-state index in [1.54, 1.807) is 4.90 Å². The molecule has 3 rings (SSSR count). The first-order valence-electron chi connectivity index (χ1n) is 10.8. The number of alkyl halides is 3. The van der Waals surface area contributed by atoms with E-state index in [9.17, 15) is 18.0 Å². The van der Waals surface area contributed by atoms with Crippen molar-refractivity contribution in [3.63, 3.8) is 0 Å². The lowest BCUT2D eigenvalue weighted by atomic mass is 9.88. The van der Waals surface area contributed by atoms with Gasteiger partial charge in [-0.15, -0.1) is 0 Å². The maximum Gasteiger partial charge on any atom is 0.416 e. The topological polar surface area (TPSA) is 84.1 Å². The summed E-state index contributed by atoms with van der Waals surface area (Å²) in [6.07, 6.45) is -2.15. The number of amides is 1. The van der Waals surface area contributed by atoms with Crippen molar-refractivity contribution in [3.05, 3.63) is 47.5 Å². The summed E-state index contributed by atoms with van der Waals surface area (Å²) in [5.74, 6) is -1.41. The maximum absolute atomic E-state index is 15.5. The number of aromatic nitrogens is 2. The van der Waals surface area contributed by atoms with Gasteiger partial charge in [0.1, 0.15) is 12.4 Å². The third-order valence-corrected chi connectivity index (χ3v) is 5.79. The van der Waals surface area contributed by atoms with Gasteiger partial charge in [0.25, 0.3) is 0 Å². The minimum absolute atomic E-state index is 0.0285. The van der Waals surface area contributed by atoms with Gasteiger partial charge in [-0.05, 0) is 41.9 Å². The first kappa shape index (κ1) is 24.7. The summed E-state index contributed by atoms with van der Waals surface area (Å²) < 4.78 is 54.4. The Balaban J connectivity index is 1.91. The van der Waals surface area contributed by atoms with Crippen LogP contribution < -0.4 is 16.0 Å². The van der Waals surface area contributed by atoms with Crippen molar-refractivity contribution in [3.8, 4) is 0 Å². The molecule has 1 aliphatic heterocycles. The van der Waals surface area contributed by atoms with E-state index in [0.717, 1.165) is 12.1 Å². The molecule has 1 saturated heterocycles. The molecule has 2 unspecified atom stereocenters. The van der Waals surface area contributed by atoms with Gasteiger partial charge in [0, 0.05) is 6.54 Å². The van der Waals surface area contributed by atoms with E-state index in [1.165, 1.54) is 18.5 Å². The third kappa shape index (κ3) is 5.72. The molecule has 0 saturated carbocycles. The fourth-order valence-corrected chi connectivity index (χ4v) is 4.22. The molecule has 0 bridgehead atoms. The summed E-state index contributed by atoms with van der Waals surface area (Å²) in [5, 5.41) is 2.80. The smallest absolute Gasteiger partial charge is 0.368 e. The molecule has 2 aromatic rings. The molecule has 0 radical (unpaired) electrons. The van der Waals surface area contributed by atoms with Crippen LogP contribution in [-0.4, -0.2) is 28.5 Å². The van der Waals surface area contributed by atoms with Gasteiger partial charge in [-0.3, -0.25) is 4.79 Å². The number of rotatable bonds is 6. The number of nitrogens with zero attached hydrogens (tertiary/aromatic N) is 3. The van der Waals surface area contributed by atoms with Crippen molar-refractivity contribution < 1.29 is 22.4 Å². The number of carbonyl (C=O) groups excluding carboxylic acids is 1. The van der Waals surface area contributed by atoms with Crippen LogP contribution in [0.15, 0.2) is 30.6 Å². The first-order valence-corrected chi connectivity index (χ1v) is 10.8. The molecular weight excluding hydrogens is 438 g/mol. The minimum atomic E-state index is -4.43. The van der Waals surface area contributed by atoms with Crippen LogP contribution in [0.4, 0.5) is 29.2 Å². The Bertz CT molecular complexity index is 988. The molecule has 0 aliphatic carbocycles. The second-order valence-corrected chi connectivity index (χ2v) is 9.75. The average Bonchev–Trinajstić information content (AvgIpc) is 3.08. The van der Waals surface area contributed by atoms with Gasteiger partial charge in [0.2, 0.25) is 11.7 Å². The number of anilines is 2. The highest BCUT2D eigenvalue weighted by molar-refractivity contribution is 5.82. The second kappa shape index (κ2) is 9.15. The van der Waals surface area contributed by atoms with E-state index >= 15 is 4.39 Å². The first-order chi connectivity index (χ1) is 15.3. The van der Waals surface area contributed by atoms with Crippen LogP contribution in [0.3, 0.4) is 0 Å². The van der Waals surface area contributed by atoms with Gasteiger partial charge in [-0.1, -0.05) is 39.8 Å². The van der Waals surface area contributed by atoms with Crippen LogP contribution in [0.1, 0.15) is 57.7 Å². The Hall–Kier alpha value is -2.91. The van der Waals surface area contributed by atoms with Crippen LogP contribution in [0.25, 0.3) is 0 Å². The standard InChI is InChI=1S/C23H29F4N5O/c1-13-9-10-32(18(13)14-5-7-15(8-6-14)23(25,26)27)21-17(24)20(29-12-30-21)31-16(19(28)33)11-22(2,3)4/h5-8,12-13,16,18H,9-11H2,1-4H3,(H2,28,33)(H,29,30,31)/t13?,16-,18?/m1/s1. The SMILES string of the molecule is CC1CCN(c2ncnc(N[C@H](CC(C)(C)C)C(N)=O)c2F)C1c1ccc(C(F)(F)F)cc1. The number of halogens is 4. The number of carbonyl (C=O) groups is 1. The van der Waals surface area contributed by atoms with E-state index in [1.807, 2.05) is 27.7 Å². The van der Waals surface area contributed by atoms with Crippen molar-refractivity contribution in [2.75, 3.05) is 16.8 Å². The predicted molar refractivity (Wildman–Crippen MR) is 118 cm³/mol. The highest BCUT2D eigenvalue weighted by Gasteiger charge is 2.37. The predicted octanol–water partition coefficient (Wildman–Crippen LogP) is 4.92. The molecule has 3 N–H and O–H groups in total. The Morgan fingerprint density at radius 1 is 1.21 bits per heavy atom. The van der Waals surface area contributed by atoms with Crippen molar-refractivity contribution in [2.24, 2.45) is 17.1 Å². The molecular formula is C23H29F4N5O. The van der Waals surface area contributed by atoms with E-state index < -0.39 is 29.5 Å². The summed E-state index contributed by atoms with van der Waals surface area (Å²) in [6.45, 7) is 8.25. The molecule has 6 nitrogen and oxygen atoms in total. The molecule has 33 heavy (non-hydrogen) atoms. The molecule has 180 valence electrons. The maximum atomic E-state index is 15.5. The highest BCUT2D eigenvalue weighted by Crippen LogP contribution is 2.42. The lowest BCUT2D eigenvalue weighted by Gasteiger charge is -2.30. The summed E-state index contributed by atoms with van der Waals surface area (Å²) in [6, 6.07) is 3.73. The molecule has 1 aromatic heterocycles. The van der Waals surface area contributed by atoms with Crippen LogP contribution >= 0.6 is 0 Å². The molecule has 1 aromatic carbocycles. The number of hydrogen-bond acceptors (Lipinski definition) is 5. The van der Waals surface area contributed by atoms with Gasteiger partial charge in [-0.25, -0.2) is 9.97 Å². The lowest BCUT2D eigenvalue weighted by molar-refractivity contribution is -0.137. The molecule has 1 amide bonds. The summed E-state index contributed by atoms with van der Waals surface area (Å²) >= 11 is 0. The van der Waals surface area contributed by atoms with Crippen molar-refractivity contribution in [1.29, 1.82) is 0 Å². The Morgan fingerprint density at radius 2 is 1.85 bits per heavy atom. The average molecular weight is 468 g/mol. The van der Waals surface area contributed by atoms with E-state index in [4.69, 9.17) is 5.73 Å². The zero-order chi connectivity index (χ0) is 24.6. The van der Waals surface area contributed by atoms with E-state index in [-0.39, 0.29) is 29.0 Å². The van der Waals surface area contributed by atoms with E-state index in [0.29, 0.717) is 24.9 Å². The Labute approximate surface area is 190 Å². The van der Waals surface area contributed by atoms with Crippen LogP contribution in [0, 0.1) is 17.2 Å². The van der Waals surface area contributed by atoms with Crippen LogP contribution in [0.2, 0.25) is 0 Å². The third-order valence-electron chi connectivity index (χ3n) is 5.79. The van der Waals surface area contributed by atoms with Gasteiger partial charge in [0.15, 0.2) is 11.6 Å². The largest absolute Gasteiger partial charge is 0.416 e. The number of hydrogen-bond donors (Lipinski definition) is 2. The van der Waals surface area contributed by atoms with Gasteiger partial charge in [0.05, 0.1) is 11.6 Å². The Kier molecular flexibility index (Phi) is 6.85. The van der Waals surface area contributed by atoms with Crippen molar-refractivity contribution >= 4 is 17.5 Å². The zero-order valence-corrected chi connectivity index (χ0v) is 19.1. The minimum Gasteiger partial charge on any atom is -0.368 e. The fraction of sp³-hybridized carbons (Fsp3) is 0.522. The van der Waals surface area contributed by atoms with Crippen molar-refractivity contribution in [2.45, 2.75) is 58.8 Å². The highest BCUT2D eigenvalue weighted by atomic mass is 19.4. The molecule has 10 heteroatoms. The van der Waals surface area contributed by atoms with Crippen molar-refractivity contribution in [1.82, 2.24) is 9.97 Å². The quantitative estimate of drug-likeness (QED) is 0.589. The summed E-state index contributed by atoms with van der Waals surface area (Å²) in [7, 11) is 0. The number of primary amides is 1. The lowest BCUT2D eigenvalue weighted by Crippen LogP contribution is -2.39. The number of benzene rings is 1. The second-order valence-electron chi connectivity index (χ2n) is 9.75. The molecule has 0 spiro atoms. The number of nitrogens with one attached hydrogen (secondary N) is 1. The van der Waals surface area contributed by atoms with E-state index in [2.05, 4.69) is 15.3 Å². The van der Waals surface area contributed by atoms with Gasteiger partial charge in [-0.2, -0.15) is 17.6 Å². The molecule has 1 fully saturated rings. The Morgan fingerprint density at radius 3 is 2.39 bits per heavy atom. The van der Waals surface area contributed by atoms with Crippen LogP contribution in [-0.2, 0) is 11.0 Å². The van der Waals surface area contributed by atoms with Gasteiger partial charge >= 0.3 is 6.18 Å².